The summed E-state index contributed by atoms with van der Waals surface area (Å²) in [4.78, 5) is 14.3. The first-order valence-corrected chi connectivity index (χ1v) is 9.79. The minimum atomic E-state index is -4.00. The van der Waals surface area contributed by atoms with Crippen LogP contribution >= 0.6 is 11.8 Å². The lowest BCUT2D eigenvalue weighted by Crippen LogP contribution is -2.44. The topological polar surface area (TPSA) is 75.7 Å². The summed E-state index contributed by atoms with van der Waals surface area (Å²) in [5, 5.41) is 0.596. The molecule has 1 heterocycles. The second kappa shape index (κ2) is 7.03. The van der Waals surface area contributed by atoms with Crippen LogP contribution in [0, 0.1) is 5.82 Å². The number of nitrogens with one attached hydrogen (secondary N) is 1. The van der Waals surface area contributed by atoms with Crippen LogP contribution in [0.25, 0.3) is 0 Å². The summed E-state index contributed by atoms with van der Waals surface area (Å²) < 4.78 is 43.0. The van der Waals surface area contributed by atoms with Crippen molar-refractivity contribution in [3.8, 4) is 5.75 Å². The van der Waals surface area contributed by atoms with E-state index in [1.165, 1.54) is 11.8 Å². The lowest BCUT2D eigenvalue weighted by molar-refractivity contribution is -0.129. The summed E-state index contributed by atoms with van der Waals surface area (Å²) in [6.07, 6.45) is 0. The number of methoxy groups -OCH3 is 1. The Morgan fingerprint density at radius 2 is 1.80 bits per heavy atom. The molecule has 2 aromatic rings. The van der Waals surface area contributed by atoms with Gasteiger partial charge in [0, 0.05) is 0 Å². The zero-order valence-corrected chi connectivity index (χ0v) is 14.8. The van der Waals surface area contributed by atoms with Crippen molar-refractivity contribution in [1.29, 1.82) is 0 Å². The summed E-state index contributed by atoms with van der Waals surface area (Å²) in [6, 6.07) is 11.4. The van der Waals surface area contributed by atoms with Gasteiger partial charge in [-0.25, -0.2) is 17.8 Å². The number of carbonyl (C=O) groups excluding carboxylic acids is 1. The van der Waals surface area contributed by atoms with E-state index in [1.807, 2.05) is 0 Å². The maximum atomic E-state index is 13.0. The van der Waals surface area contributed by atoms with Crippen molar-refractivity contribution in [2.45, 2.75) is 10.3 Å². The molecule has 0 saturated carbocycles. The second-order valence-electron chi connectivity index (χ2n) is 5.25. The Hall–Kier alpha value is -2.10. The molecule has 6 nitrogen and oxygen atoms in total. The number of sulfonamides is 1. The smallest absolute Gasteiger partial charge is 0.257 e. The molecular weight excluding hydrogens is 367 g/mol. The van der Waals surface area contributed by atoms with Gasteiger partial charge in [0.15, 0.2) is 0 Å². The van der Waals surface area contributed by atoms with Crippen LogP contribution in [0.2, 0.25) is 0 Å². The van der Waals surface area contributed by atoms with Gasteiger partial charge in [0.05, 0.1) is 17.8 Å². The van der Waals surface area contributed by atoms with Crippen LogP contribution in [0.3, 0.4) is 0 Å². The number of amides is 1. The zero-order valence-electron chi connectivity index (χ0n) is 13.2. The molecule has 1 atom stereocenters. The molecule has 1 N–H and O–H groups in total. The highest BCUT2D eigenvalue weighted by Gasteiger charge is 2.36. The molecule has 25 heavy (non-hydrogen) atoms. The number of thioether (sulfide) groups is 1. The van der Waals surface area contributed by atoms with E-state index in [2.05, 4.69) is 4.83 Å². The van der Waals surface area contributed by atoms with E-state index < -0.39 is 21.2 Å². The predicted molar refractivity (Wildman–Crippen MR) is 91.8 cm³/mol. The molecule has 9 heteroatoms. The third-order valence-corrected chi connectivity index (χ3v) is 6.15. The monoisotopic (exact) mass is 382 g/mol. The minimum Gasteiger partial charge on any atom is -0.497 e. The molecule has 3 rings (SSSR count). The SMILES string of the molecule is COc1ccc([C@@H]2SCC(=O)N2NS(=O)(=O)c2ccc(F)cc2)cc1. The van der Waals surface area contributed by atoms with Gasteiger partial charge < -0.3 is 4.74 Å². The van der Waals surface area contributed by atoms with Crippen molar-refractivity contribution < 1.29 is 22.3 Å². The first-order chi connectivity index (χ1) is 11.9. The number of ether oxygens (including phenoxy) is 1. The number of rotatable bonds is 5. The van der Waals surface area contributed by atoms with Gasteiger partial charge in [-0.3, -0.25) is 4.79 Å². The van der Waals surface area contributed by atoms with Gasteiger partial charge in [-0.15, -0.1) is 16.6 Å². The van der Waals surface area contributed by atoms with E-state index in [0.717, 1.165) is 34.8 Å². The fraction of sp³-hybridized carbons (Fsp3) is 0.188. The summed E-state index contributed by atoms with van der Waals surface area (Å²) in [7, 11) is -2.45. The molecule has 1 amide bonds. The third kappa shape index (κ3) is 3.78. The number of hydrogen-bond acceptors (Lipinski definition) is 5. The zero-order chi connectivity index (χ0) is 18.0. The van der Waals surface area contributed by atoms with Gasteiger partial charge in [-0.05, 0) is 42.0 Å². The van der Waals surface area contributed by atoms with Crippen LogP contribution < -0.4 is 9.57 Å². The lowest BCUT2D eigenvalue weighted by atomic mass is 10.2. The van der Waals surface area contributed by atoms with Gasteiger partial charge >= 0.3 is 0 Å². The average molecular weight is 382 g/mol. The Labute approximate surface area is 149 Å². The Kier molecular flexibility index (Phi) is 4.98. The molecule has 0 bridgehead atoms. The molecule has 1 aliphatic heterocycles. The fourth-order valence-electron chi connectivity index (χ4n) is 2.33. The first kappa shape index (κ1) is 17.7. The Balaban J connectivity index is 1.85. The molecule has 1 aliphatic rings. The maximum Gasteiger partial charge on any atom is 0.257 e. The van der Waals surface area contributed by atoms with Crippen molar-refractivity contribution in [2.75, 3.05) is 12.9 Å². The number of nitrogens with zero attached hydrogens (tertiary/aromatic N) is 1. The minimum absolute atomic E-state index is 0.118. The second-order valence-corrected chi connectivity index (χ2v) is 7.98. The van der Waals surface area contributed by atoms with E-state index in [1.54, 1.807) is 31.4 Å². The van der Waals surface area contributed by atoms with Crippen molar-refractivity contribution in [3.05, 3.63) is 59.9 Å². The normalized spacial score (nSPS) is 17.8. The number of hydrazine groups is 1. The Bertz CT molecular complexity index is 870. The highest BCUT2D eigenvalue weighted by molar-refractivity contribution is 8.00. The van der Waals surface area contributed by atoms with Crippen LogP contribution in [-0.2, 0) is 14.8 Å². The quantitative estimate of drug-likeness (QED) is 0.859. The Morgan fingerprint density at radius 3 is 2.40 bits per heavy atom. The molecule has 0 spiro atoms. The predicted octanol–water partition coefficient (Wildman–Crippen LogP) is 2.30. The molecule has 0 aromatic heterocycles. The molecule has 2 aromatic carbocycles. The molecular formula is C16H15FN2O4S2. The van der Waals surface area contributed by atoms with Crippen molar-refractivity contribution in [1.82, 2.24) is 9.84 Å². The average Bonchev–Trinajstić information content (AvgIpc) is 2.95. The van der Waals surface area contributed by atoms with E-state index >= 15 is 0 Å². The van der Waals surface area contributed by atoms with Crippen LogP contribution in [-0.4, -0.2) is 32.2 Å². The standard InChI is InChI=1S/C16H15FN2O4S2/c1-23-13-6-2-11(3-7-13)16-19(15(20)10-24-16)18-25(21,22)14-8-4-12(17)5-9-14/h2-9,16,18H,10H2,1H3/t16-/m0/s1. The maximum absolute atomic E-state index is 13.0. The van der Waals surface area contributed by atoms with Crippen LogP contribution in [0.15, 0.2) is 53.4 Å². The number of halogens is 1. The van der Waals surface area contributed by atoms with E-state index in [4.69, 9.17) is 4.74 Å². The summed E-state index contributed by atoms with van der Waals surface area (Å²) in [6.45, 7) is 0. The fourth-order valence-corrected chi connectivity index (χ4v) is 4.57. The van der Waals surface area contributed by atoms with E-state index in [-0.39, 0.29) is 16.6 Å². The van der Waals surface area contributed by atoms with Gasteiger partial charge in [0.25, 0.3) is 10.0 Å². The third-order valence-electron chi connectivity index (χ3n) is 3.61. The molecule has 0 radical (unpaired) electrons. The largest absolute Gasteiger partial charge is 0.497 e. The highest BCUT2D eigenvalue weighted by Crippen LogP contribution is 2.38. The number of carbonyl (C=O) groups is 1. The van der Waals surface area contributed by atoms with Crippen molar-refractivity contribution in [2.24, 2.45) is 0 Å². The van der Waals surface area contributed by atoms with Crippen molar-refractivity contribution in [3.63, 3.8) is 0 Å². The van der Waals surface area contributed by atoms with Crippen LogP contribution in [0.1, 0.15) is 10.9 Å². The van der Waals surface area contributed by atoms with Crippen LogP contribution in [0.5, 0.6) is 5.75 Å². The number of benzene rings is 2. The summed E-state index contributed by atoms with van der Waals surface area (Å²) >= 11 is 1.31. The van der Waals surface area contributed by atoms with E-state index in [0.29, 0.717) is 5.75 Å². The molecule has 0 aliphatic carbocycles. The lowest BCUT2D eigenvalue weighted by Gasteiger charge is -2.24. The van der Waals surface area contributed by atoms with Gasteiger partial charge in [-0.1, -0.05) is 12.1 Å². The number of hydrogen-bond donors (Lipinski definition) is 1. The summed E-state index contributed by atoms with van der Waals surface area (Å²) in [5.74, 6) is -0.0706. The van der Waals surface area contributed by atoms with Gasteiger partial charge in [-0.2, -0.15) is 0 Å². The van der Waals surface area contributed by atoms with Gasteiger partial charge in [0.1, 0.15) is 16.9 Å². The highest BCUT2D eigenvalue weighted by atomic mass is 32.2. The van der Waals surface area contributed by atoms with Crippen molar-refractivity contribution >= 4 is 27.7 Å². The van der Waals surface area contributed by atoms with E-state index in [9.17, 15) is 17.6 Å². The summed E-state index contributed by atoms with van der Waals surface area (Å²) in [5.41, 5.74) is 0.762. The first-order valence-electron chi connectivity index (χ1n) is 7.26. The van der Waals surface area contributed by atoms with Crippen LogP contribution in [0.4, 0.5) is 4.39 Å². The van der Waals surface area contributed by atoms with Gasteiger partial charge in [0.2, 0.25) is 5.91 Å². The molecule has 1 fully saturated rings. The Morgan fingerprint density at radius 1 is 1.16 bits per heavy atom. The molecule has 0 unspecified atom stereocenters. The molecule has 132 valence electrons. The molecule has 1 saturated heterocycles.